The third-order valence-electron chi connectivity index (χ3n) is 14.5. The van der Waals surface area contributed by atoms with E-state index in [1.54, 1.807) is 6.08 Å². The number of benzene rings is 1. The molecule has 0 heterocycles. The summed E-state index contributed by atoms with van der Waals surface area (Å²) >= 11 is 0. The molecule has 228 valence electrons. The van der Waals surface area contributed by atoms with Crippen molar-refractivity contribution in [2.75, 3.05) is 0 Å². The maximum absolute atomic E-state index is 14.6. The maximum Gasteiger partial charge on any atom is 0.331 e. The third kappa shape index (κ3) is 4.18. The Labute approximate surface area is 255 Å². The van der Waals surface area contributed by atoms with Crippen molar-refractivity contribution in [1.82, 2.24) is 0 Å². The molecule has 0 N–H and O–H groups in total. The van der Waals surface area contributed by atoms with Gasteiger partial charge >= 0.3 is 5.97 Å². The van der Waals surface area contributed by atoms with Gasteiger partial charge in [0, 0.05) is 17.4 Å². The highest BCUT2D eigenvalue weighted by Crippen LogP contribution is 2.75. The normalized spacial score (nSPS) is 46.1. The van der Waals surface area contributed by atoms with Crippen LogP contribution in [0.3, 0.4) is 0 Å². The summed E-state index contributed by atoms with van der Waals surface area (Å²) in [6.45, 7) is 19.5. The molecule has 42 heavy (non-hydrogen) atoms. The van der Waals surface area contributed by atoms with Gasteiger partial charge in [-0.15, -0.1) is 0 Å². The minimum absolute atomic E-state index is 0.0204. The Morgan fingerprint density at radius 2 is 1.60 bits per heavy atom. The summed E-state index contributed by atoms with van der Waals surface area (Å²) in [4.78, 5) is 27.5. The van der Waals surface area contributed by atoms with Gasteiger partial charge < -0.3 is 4.74 Å². The summed E-state index contributed by atoms with van der Waals surface area (Å²) in [5.41, 5.74) is 2.54. The first kappa shape index (κ1) is 29.9. The molecule has 4 fully saturated rings. The van der Waals surface area contributed by atoms with Crippen molar-refractivity contribution in [3.05, 3.63) is 53.6 Å². The summed E-state index contributed by atoms with van der Waals surface area (Å²) in [5, 5.41) is 0. The second kappa shape index (κ2) is 9.93. The van der Waals surface area contributed by atoms with Crippen LogP contribution in [0.2, 0.25) is 0 Å². The molecule has 3 nitrogen and oxygen atoms in total. The lowest BCUT2D eigenvalue weighted by molar-refractivity contribution is -0.209. The van der Waals surface area contributed by atoms with Gasteiger partial charge in [0.15, 0.2) is 5.78 Å². The van der Waals surface area contributed by atoms with Gasteiger partial charge in [-0.3, -0.25) is 4.79 Å². The van der Waals surface area contributed by atoms with Crippen molar-refractivity contribution in [2.45, 2.75) is 113 Å². The summed E-state index contributed by atoms with van der Waals surface area (Å²) in [6.07, 6.45) is 14.4. The molecule has 0 radical (unpaired) electrons. The predicted molar refractivity (Wildman–Crippen MR) is 170 cm³/mol. The number of ether oxygens (including phenoxy) is 1. The Hall–Kier alpha value is -2.16. The molecular formula is C39H54O3. The van der Waals surface area contributed by atoms with E-state index < -0.39 is 0 Å². The molecule has 0 aliphatic heterocycles. The lowest BCUT2D eigenvalue weighted by atomic mass is 9.33. The van der Waals surface area contributed by atoms with Gasteiger partial charge in [0.05, 0.1) is 0 Å². The number of hydrogen-bond acceptors (Lipinski definition) is 3. The average Bonchev–Trinajstić information content (AvgIpc) is 2.93. The number of fused-ring (bicyclic) bond motifs is 7. The second-order valence-corrected chi connectivity index (χ2v) is 16.8. The first-order valence-corrected chi connectivity index (χ1v) is 16.9. The van der Waals surface area contributed by atoms with Crippen molar-refractivity contribution >= 4 is 17.8 Å². The molecule has 0 aromatic heterocycles. The van der Waals surface area contributed by atoms with Crippen molar-refractivity contribution in [2.24, 2.45) is 56.7 Å². The van der Waals surface area contributed by atoms with Gasteiger partial charge in [0.1, 0.15) is 6.10 Å². The number of rotatable bonds is 3. The first-order valence-electron chi connectivity index (χ1n) is 16.9. The Balaban J connectivity index is 1.30. The smallest absolute Gasteiger partial charge is 0.331 e. The highest BCUT2D eigenvalue weighted by molar-refractivity contribution is 5.95. The topological polar surface area (TPSA) is 43.4 Å². The van der Waals surface area contributed by atoms with Crippen molar-refractivity contribution in [1.29, 1.82) is 0 Å². The number of ketones is 1. The SMILES string of the molecule is CC1CCC2(C)CCC3(C)C(=CC(=O)C4C5(C)CCC(OC(=O)C=Cc6ccccc6)C(C)(C)C5CCC43C)C2C1C. The lowest BCUT2D eigenvalue weighted by Crippen LogP contribution is -2.67. The van der Waals surface area contributed by atoms with Crippen molar-refractivity contribution in [3.8, 4) is 0 Å². The molecular weight excluding hydrogens is 516 g/mol. The van der Waals surface area contributed by atoms with Crippen LogP contribution in [0.5, 0.6) is 0 Å². The molecule has 0 spiro atoms. The van der Waals surface area contributed by atoms with Gasteiger partial charge in [-0.2, -0.15) is 0 Å². The molecule has 0 saturated heterocycles. The summed E-state index contributed by atoms with van der Waals surface area (Å²) in [5.74, 6) is 2.32. The largest absolute Gasteiger partial charge is 0.459 e. The van der Waals surface area contributed by atoms with Crippen LogP contribution >= 0.6 is 0 Å². The van der Waals surface area contributed by atoms with E-state index in [1.807, 2.05) is 36.4 Å². The van der Waals surface area contributed by atoms with Gasteiger partial charge in [0.2, 0.25) is 0 Å². The van der Waals surface area contributed by atoms with Crippen molar-refractivity contribution in [3.63, 3.8) is 0 Å². The quantitative estimate of drug-likeness (QED) is 0.268. The predicted octanol–water partition coefficient (Wildman–Crippen LogP) is 9.47. The van der Waals surface area contributed by atoms with Crippen LogP contribution in [0, 0.1) is 56.7 Å². The number of carbonyl (C=O) groups is 2. The fraction of sp³-hybridized carbons (Fsp3) is 0.692. The summed E-state index contributed by atoms with van der Waals surface area (Å²) in [6, 6.07) is 9.90. The molecule has 3 heteroatoms. The summed E-state index contributed by atoms with van der Waals surface area (Å²) in [7, 11) is 0. The Kier molecular flexibility index (Phi) is 7.07. The van der Waals surface area contributed by atoms with Crippen LogP contribution in [-0.2, 0) is 14.3 Å². The Bertz CT molecular complexity index is 1310. The van der Waals surface area contributed by atoms with E-state index >= 15 is 0 Å². The molecule has 4 saturated carbocycles. The molecule has 0 bridgehead atoms. The molecule has 1 aromatic rings. The second-order valence-electron chi connectivity index (χ2n) is 16.8. The first-order chi connectivity index (χ1) is 19.7. The van der Waals surface area contributed by atoms with Crippen LogP contribution in [0.1, 0.15) is 112 Å². The molecule has 10 unspecified atom stereocenters. The molecule has 1 aromatic carbocycles. The fourth-order valence-corrected chi connectivity index (χ4v) is 11.8. The fourth-order valence-electron chi connectivity index (χ4n) is 11.8. The minimum Gasteiger partial charge on any atom is -0.459 e. The molecule has 5 aliphatic rings. The molecule has 6 rings (SSSR count). The van der Waals surface area contributed by atoms with Gasteiger partial charge in [-0.25, -0.2) is 4.79 Å². The Morgan fingerprint density at radius 1 is 0.881 bits per heavy atom. The highest BCUT2D eigenvalue weighted by Gasteiger charge is 2.70. The summed E-state index contributed by atoms with van der Waals surface area (Å²) < 4.78 is 6.19. The zero-order valence-electron chi connectivity index (χ0n) is 27.5. The number of esters is 1. The highest BCUT2D eigenvalue weighted by atomic mass is 16.5. The maximum atomic E-state index is 14.6. The number of hydrogen-bond donors (Lipinski definition) is 0. The molecule has 10 atom stereocenters. The van der Waals surface area contributed by atoms with Gasteiger partial charge in [0.25, 0.3) is 0 Å². The average molecular weight is 571 g/mol. The van der Waals surface area contributed by atoms with E-state index in [9.17, 15) is 9.59 Å². The van der Waals surface area contributed by atoms with Crippen LogP contribution in [-0.4, -0.2) is 17.9 Å². The van der Waals surface area contributed by atoms with E-state index in [0.29, 0.717) is 34.9 Å². The third-order valence-corrected chi connectivity index (χ3v) is 14.5. The molecule has 5 aliphatic carbocycles. The standard InChI is InChI=1S/C39H54O3/c1-25-16-19-36(5)22-23-38(7)28(33(36)26(25)2)24-29(40)34-37(6)20-18-31(35(3,4)30(37)17-21-39(34,38)8)42-32(41)15-14-27-12-10-9-11-13-27/h9-15,24-26,30-31,33-34H,16-23H2,1-8H3. The van der Waals surface area contributed by atoms with Gasteiger partial charge in [-0.1, -0.05) is 91.3 Å². The number of allylic oxidation sites excluding steroid dienone is 2. The van der Waals surface area contributed by atoms with Crippen LogP contribution in [0.4, 0.5) is 0 Å². The van der Waals surface area contributed by atoms with Crippen molar-refractivity contribution < 1.29 is 14.3 Å². The monoisotopic (exact) mass is 570 g/mol. The van der Waals surface area contributed by atoms with Crippen LogP contribution in [0.15, 0.2) is 48.1 Å². The van der Waals surface area contributed by atoms with Crippen LogP contribution in [0.25, 0.3) is 6.08 Å². The molecule has 0 amide bonds. The van der Waals surface area contributed by atoms with E-state index in [4.69, 9.17) is 4.74 Å². The van der Waals surface area contributed by atoms with E-state index in [0.717, 1.165) is 31.2 Å². The zero-order valence-corrected chi connectivity index (χ0v) is 27.5. The van der Waals surface area contributed by atoms with Crippen LogP contribution < -0.4 is 0 Å². The Morgan fingerprint density at radius 3 is 2.31 bits per heavy atom. The lowest BCUT2D eigenvalue weighted by Gasteiger charge is -2.70. The van der Waals surface area contributed by atoms with E-state index in [-0.39, 0.29) is 39.7 Å². The minimum atomic E-state index is -0.268. The van der Waals surface area contributed by atoms with E-state index in [1.165, 1.54) is 31.3 Å². The van der Waals surface area contributed by atoms with E-state index in [2.05, 4.69) is 61.5 Å². The number of carbonyl (C=O) groups excluding carboxylic acids is 2. The van der Waals surface area contributed by atoms with Gasteiger partial charge in [-0.05, 0) is 114 Å². The zero-order chi connectivity index (χ0) is 30.3.